The minimum absolute atomic E-state index is 0.0609. The molecule has 0 N–H and O–H groups in total. The van der Waals surface area contributed by atoms with Crippen LogP contribution >= 0.6 is 8.58 Å². The van der Waals surface area contributed by atoms with Gasteiger partial charge in [-0.15, -0.1) is 0 Å². The molecule has 0 saturated heterocycles. The first-order chi connectivity index (χ1) is 6.72. The molecule has 4 nitrogen and oxygen atoms in total. The molecule has 0 rings (SSSR count). The molecule has 0 heterocycles. The van der Waals surface area contributed by atoms with Gasteiger partial charge in [0, 0.05) is 8.58 Å². The van der Waals surface area contributed by atoms with Crippen molar-refractivity contribution < 1.29 is 19.1 Å². The average Bonchev–Trinajstić information content (AvgIpc) is 2.00. The van der Waals surface area contributed by atoms with Crippen LogP contribution in [0, 0.1) is 5.92 Å². The number of rotatable bonds is 4. The number of hydrogen-bond donors (Lipinski definition) is 0. The van der Waals surface area contributed by atoms with Crippen LogP contribution in [0.1, 0.15) is 34.6 Å². The summed E-state index contributed by atoms with van der Waals surface area (Å²) < 4.78 is 9.48. The van der Waals surface area contributed by atoms with Gasteiger partial charge in [-0.2, -0.15) is 0 Å². The summed E-state index contributed by atoms with van der Waals surface area (Å²) in [5, 5.41) is -0.0842. The summed E-state index contributed by atoms with van der Waals surface area (Å²) in [6.07, 6.45) is 0. The van der Waals surface area contributed by atoms with Gasteiger partial charge < -0.3 is 9.47 Å². The third-order valence-electron chi connectivity index (χ3n) is 1.34. The predicted octanol–water partition coefficient (Wildman–Crippen LogP) is 2.76. The molecule has 15 heavy (non-hydrogen) atoms. The van der Waals surface area contributed by atoms with E-state index < -0.39 is 0 Å². The molecule has 0 bridgehead atoms. The lowest BCUT2D eigenvalue weighted by molar-refractivity contribution is -0.155. The van der Waals surface area contributed by atoms with E-state index in [4.69, 9.17) is 9.47 Å². The van der Waals surface area contributed by atoms with Crippen LogP contribution in [-0.4, -0.2) is 23.6 Å². The molecule has 0 aliphatic carbocycles. The highest BCUT2D eigenvalue weighted by atomic mass is 31.1. The molecule has 0 aromatic heterocycles. The summed E-state index contributed by atoms with van der Waals surface area (Å²) in [6.45, 7) is 9.02. The summed E-state index contributed by atoms with van der Waals surface area (Å²) >= 11 is 0. The summed E-state index contributed by atoms with van der Waals surface area (Å²) in [6, 6.07) is 0. The van der Waals surface area contributed by atoms with Gasteiger partial charge in [-0.25, -0.2) is 4.79 Å². The van der Waals surface area contributed by atoms with Crippen molar-refractivity contribution in [1.29, 1.82) is 0 Å². The van der Waals surface area contributed by atoms with Crippen molar-refractivity contribution in [3.63, 3.8) is 0 Å². The van der Waals surface area contributed by atoms with Crippen molar-refractivity contribution >= 4 is 20.3 Å². The highest BCUT2D eigenvalue weighted by molar-refractivity contribution is 7.58. The highest BCUT2D eigenvalue weighted by Crippen LogP contribution is 2.31. The Morgan fingerprint density at radius 1 is 1.20 bits per heavy atom. The van der Waals surface area contributed by atoms with Crippen LogP contribution in [0.4, 0.5) is 4.79 Å². The second-order valence-corrected chi connectivity index (χ2v) is 6.70. The van der Waals surface area contributed by atoms with Gasteiger partial charge in [-0.1, -0.05) is 34.6 Å². The molecule has 5 heteroatoms. The van der Waals surface area contributed by atoms with E-state index in [2.05, 4.69) is 0 Å². The van der Waals surface area contributed by atoms with Crippen LogP contribution in [0.2, 0.25) is 0 Å². The lowest BCUT2D eigenvalue weighted by Gasteiger charge is -2.16. The fourth-order valence-electron chi connectivity index (χ4n) is 0.650. The topological polar surface area (TPSA) is 52.6 Å². The lowest BCUT2D eigenvalue weighted by atomic mass is 10.2. The van der Waals surface area contributed by atoms with Crippen molar-refractivity contribution in [3.8, 4) is 0 Å². The maximum atomic E-state index is 11.2. The zero-order valence-corrected chi connectivity index (χ0v) is 10.9. The average molecular weight is 234 g/mol. The maximum absolute atomic E-state index is 11.2. The molecule has 1 unspecified atom stereocenters. The summed E-state index contributed by atoms with van der Waals surface area (Å²) in [5.41, 5.74) is -0.320. The number of esters is 1. The molecule has 1 atom stereocenters. The summed E-state index contributed by atoms with van der Waals surface area (Å²) in [5.74, 6) is -0.560. The van der Waals surface area contributed by atoms with Crippen molar-refractivity contribution in [1.82, 2.24) is 0 Å². The number of ether oxygens (including phenoxy) is 2. The Bertz CT molecular complexity index is 230. The molecule has 0 aromatic rings. The maximum Gasteiger partial charge on any atom is 0.326 e. The molecule has 0 radical (unpaired) electrons. The van der Waals surface area contributed by atoms with E-state index >= 15 is 0 Å². The SMILES string of the molecule is CC(C)C(=O)OCOC(=O)PC(C)(C)C. The standard InChI is InChI=1S/C10H19O4P/c1-7(2)8(11)13-6-14-9(12)15-10(3,4)5/h7,15H,6H2,1-5H3. The minimum atomic E-state index is -0.359. The van der Waals surface area contributed by atoms with E-state index in [-0.39, 0.29) is 38.1 Å². The van der Waals surface area contributed by atoms with Gasteiger partial charge in [0.15, 0.2) is 0 Å². The quantitative estimate of drug-likeness (QED) is 0.426. The fraction of sp³-hybridized carbons (Fsp3) is 0.800. The smallest absolute Gasteiger partial charge is 0.326 e. The van der Waals surface area contributed by atoms with E-state index in [0.29, 0.717) is 0 Å². The molecular formula is C10H19O4P. The molecule has 0 aliphatic heterocycles. The molecule has 0 fully saturated rings. The Morgan fingerprint density at radius 3 is 2.13 bits per heavy atom. The summed E-state index contributed by atoms with van der Waals surface area (Å²) in [4.78, 5) is 22.2. The zero-order valence-electron chi connectivity index (χ0n) is 9.92. The van der Waals surface area contributed by atoms with E-state index in [1.807, 2.05) is 20.8 Å². The van der Waals surface area contributed by atoms with E-state index in [1.165, 1.54) is 0 Å². The first kappa shape index (κ1) is 14.4. The molecular weight excluding hydrogens is 215 g/mol. The molecule has 0 amide bonds. The molecule has 0 saturated carbocycles. The van der Waals surface area contributed by atoms with Crippen molar-refractivity contribution in [2.45, 2.75) is 39.8 Å². The van der Waals surface area contributed by atoms with E-state index in [1.54, 1.807) is 13.8 Å². The minimum Gasteiger partial charge on any atom is -0.428 e. The highest BCUT2D eigenvalue weighted by Gasteiger charge is 2.17. The number of hydrogen-bond acceptors (Lipinski definition) is 4. The van der Waals surface area contributed by atoms with Crippen LogP contribution in [-0.2, 0) is 14.3 Å². The number of carbonyl (C=O) groups is 2. The zero-order chi connectivity index (χ0) is 12.1. The predicted molar refractivity (Wildman–Crippen MR) is 60.3 cm³/mol. The van der Waals surface area contributed by atoms with Crippen LogP contribution in [0.25, 0.3) is 0 Å². The van der Waals surface area contributed by atoms with Crippen molar-refractivity contribution in [2.24, 2.45) is 5.92 Å². The van der Waals surface area contributed by atoms with Gasteiger partial charge >= 0.3 is 11.7 Å². The molecule has 0 spiro atoms. The third-order valence-corrected chi connectivity index (χ3v) is 2.44. The Hall–Kier alpha value is -0.630. The van der Waals surface area contributed by atoms with Gasteiger partial charge in [0.25, 0.3) is 0 Å². The molecule has 88 valence electrons. The lowest BCUT2D eigenvalue weighted by Crippen LogP contribution is -2.16. The fourth-order valence-corrected chi connectivity index (χ4v) is 1.39. The van der Waals surface area contributed by atoms with E-state index in [0.717, 1.165) is 0 Å². The molecule has 0 aliphatic rings. The number of carbonyl (C=O) groups excluding carboxylic acids is 2. The first-order valence-electron chi connectivity index (χ1n) is 4.84. The van der Waals surface area contributed by atoms with Gasteiger partial charge in [0.1, 0.15) is 0 Å². The monoisotopic (exact) mass is 234 g/mol. The Kier molecular flexibility index (Phi) is 5.81. The van der Waals surface area contributed by atoms with Crippen LogP contribution < -0.4 is 0 Å². The Balaban J connectivity index is 3.70. The van der Waals surface area contributed by atoms with E-state index in [9.17, 15) is 9.59 Å². The first-order valence-corrected chi connectivity index (χ1v) is 5.84. The normalized spacial score (nSPS) is 12.1. The molecule has 0 aromatic carbocycles. The second kappa shape index (κ2) is 6.06. The summed E-state index contributed by atoms with van der Waals surface area (Å²) in [7, 11) is 0.0609. The Labute approximate surface area is 92.5 Å². The van der Waals surface area contributed by atoms with Gasteiger partial charge in [-0.05, 0) is 5.16 Å². The van der Waals surface area contributed by atoms with Crippen molar-refractivity contribution in [3.05, 3.63) is 0 Å². The van der Waals surface area contributed by atoms with Gasteiger partial charge in [0.2, 0.25) is 6.79 Å². The second-order valence-electron chi connectivity index (χ2n) is 4.54. The Morgan fingerprint density at radius 2 is 1.73 bits per heavy atom. The van der Waals surface area contributed by atoms with Crippen LogP contribution in [0.5, 0.6) is 0 Å². The van der Waals surface area contributed by atoms with Crippen LogP contribution in [0.15, 0.2) is 0 Å². The van der Waals surface area contributed by atoms with Gasteiger partial charge in [-0.3, -0.25) is 4.79 Å². The largest absolute Gasteiger partial charge is 0.428 e. The van der Waals surface area contributed by atoms with Crippen molar-refractivity contribution in [2.75, 3.05) is 6.79 Å². The van der Waals surface area contributed by atoms with Crippen LogP contribution in [0.3, 0.4) is 0 Å². The van der Waals surface area contributed by atoms with Gasteiger partial charge in [0.05, 0.1) is 5.92 Å². The third kappa shape index (κ3) is 8.37.